The first-order valence-electron chi connectivity index (χ1n) is 6.66. The fourth-order valence-corrected chi connectivity index (χ4v) is 4.64. The Hall–Kier alpha value is -1.07. The van der Waals surface area contributed by atoms with Crippen LogP contribution in [0.5, 0.6) is 0 Å². The molecule has 1 N–H and O–H groups in total. The van der Waals surface area contributed by atoms with E-state index in [4.69, 9.17) is 0 Å². The van der Waals surface area contributed by atoms with Crippen LogP contribution < -0.4 is 5.32 Å². The van der Waals surface area contributed by atoms with Crippen LogP contribution in [-0.2, 0) is 12.8 Å². The number of hydrogen-bond donors (Lipinski definition) is 1. The first-order chi connectivity index (χ1) is 9.35. The maximum absolute atomic E-state index is 4.25. The van der Waals surface area contributed by atoms with Crippen LogP contribution in [0, 0.1) is 0 Å². The van der Waals surface area contributed by atoms with Gasteiger partial charge in [-0.1, -0.05) is 47.4 Å². The quantitative estimate of drug-likeness (QED) is 0.933. The Morgan fingerprint density at radius 1 is 1.32 bits per heavy atom. The highest BCUT2D eigenvalue weighted by Gasteiger charge is 2.20. The SMILES string of the molecule is CCNc1nnc(S[C@H]2CCc3ccccc3C2)s1. The summed E-state index contributed by atoms with van der Waals surface area (Å²) in [5.74, 6) is 0. The van der Waals surface area contributed by atoms with Crippen molar-refractivity contribution in [2.24, 2.45) is 0 Å². The van der Waals surface area contributed by atoms with E-state index in [0.717, 1.165) is 22.4 Å². The third kappa shape index (κ3) is 3.09. The van der Waals surface area contributed by atoms with Crippen LogP contribution in [0.25, 0.3) is 0 Å². The molecular weight excluding hydrogens is 274 g/mol. The second kappa shape index (κ2) is 5.92. The molecule has 2 aromatic rings. The molecule has 1 aliphatic rings. The molecular formula is C14H17N3S2. The Kier molecular flexibility index (Phi) is 4.03. The van der Waals surface area contributed by atoms with Crippen molar-refractivity contribution in [3.63, 3.8) is 0 Å². The van der Waals surface area contributed by atoms with Crippen LogP contribution in [0.1, 0.15) is 24.5 Å². The number of thioether (sulfide) groups is 1. The summed E-state index contributed by atoms with van der Waals surface area (Å²) in [6.07, 6.45) is 3.57. The van der Waals surface area contributed by atoms with Crippen molar-refractivity contribution < 1.29 is 0 Å². The van der Waals surface area contributed by atoms with E-state index in [1.165, 1.54) is 24.0 Å². The number of aromatic nitrogens is 2. The predicted octanol–water partition coefficient (Wildman–Crippen LogP) is 3.62. The Balaban J connectivity index is 1.65. The molecule has 100 valence electrons. The van der Waals surface area contributed by atoms with Gasteiger partial charge in [0.25, 0.3) is 0 Å². The lowest BCUT2D eigenvalue weighted by molar-refractivity contribution is 0.701. The van der Waals surface area contributed by atoms with Gasteiger partial charge in [0.05, 0.1) is 0 Å². The van der Waals surface area contributed by atoms with Crippen molar-refractivity contribution in [2.75, 3.05) is 11.9 Å². The Bertz CT molecular complexity index is 553. The standard InChI is InChI=1S/C14H17N3S2/c1-2-15-13-16-17-14(19-13)18-12-8-7-10-5-3-4-6-11(10)9-12/h3-6,12H,2,7-9H2,1H3,(H,15,16)/t12-/m0/s1. The normalized spacial score (nSPS) is 18.1. The van der Waals surface area contributed by atoms with Crippen molar-refractivity contribution >= 4 is 28.2 Å². The van der Waals surface area contributed by atoms with Crippen LogP contribution in [0.15, 0.2) is 28.6 Å². The molecule has 0 saturated heterocycles. The maximum atomic E-state index is 4.25. The molecule has 3 rings (SSSR count). The van der Waals surface area contributed by atoms with Crippen molar-refractivity contribution in [1.29, 1.82) is 0 Å². The Labute approximate surface area is 121 Å². The lowest BCUT2D eigenvalue weighted by atomic mass is 9.92. The highest BCUT2D eigenvalue weighted by molar-refractivity contribution is 8.01. The van der Waals surface area contributed by atoms with E-state index in [2.05, 4.69) is 46.7 Å². The van der Waals surface area contributed by atoms with Gasteiger partial charge in [-0.05, 0) is 37.3 Å². The number of nitrogens with one attached hydrogen (secondary N) is 1. The summed E-state index contributed by atoms with van der Waals surface area (Å²) < 4.78 is 1.08. The van der Waals surface area contributed by atoms with E-state index in [-0.39, 0.29) is 0 Å². The smallest absolute Gasteiger partial charge is 0.206 e. The lowest BCUT2D eigenvalue weighted by Gasteiger charge is -2.22. The Morgan fingerprint density at radius 3 is 3.00 bits per heavy atom. The third-order valence-corrected chi connectivity index (χ3v) is 5.54. The second-order valence-electron chi connectivity index (χ2n) is 4.65. The molecule has 3 nitrogen and oxygen atoms in total. The number of anilines is 1. The minimum atomic E-state index is 0.636. The predicted molar refractivity (Wildman–Crippen MR) is 82.2 cm³/mol. The summed E-state index contributed by atoms with van der Waals surface area (Å²) in [6, 6.07) is 8.79. The molecule has 1 aromatic heterocycles. The van der Waals surface area contributed by atoms with Gasteiger partial charge >= 0.3 is 0 Å². The van der Waals surface area contributed by atoms with Crippen LogP contribution in [-0.4, -0.2) is 22.0 Å². The molecule has 19 heavy (non-hydrogen) atoms. The van der Waals surface area contributed by atoms with Gasteiger partial charge in [-0.15, -0.1) is 10.2 Å². The van der Waals surface area contributed by atoms with Gasteiger partial charge in [-0.25, -0.2) is 0 Å². The fraction of sp³-hybridized carbons (Fsp3) is 0.429. The van der Waals surface area contributed by atoms with E-state index < -0.39 is 0 Å². The van der Waals surface area contributed by atoms with Gasteiger partial charge < -0.3 is 5.32 Å². The third-order valence-electron chi connectivity index (χ3n) is 3.30. The van der Waals surface area contributed by atoms with Crippen molar-refractivity contribution in [1.82, 2.24) is 10.2 Å². The summed E-state index contributed by atoms with van der Waals surface area (Å²) in [5.41, 5.74) is 3.02. The molecule has 0 amide bonds. The van der Waals surface area contributed by atoms with Crippen LogP contribution in [0.3, 0.4) is 0 Å². The van der Waals surface area contributed by atoms with E-state index in [1.807, 2.05) is 11.8 Å². The molecule has 0 fully saturated rings. The van der Waals surface area contributed by atoms with Gasteiger partial charge in [0.1, 0.15) is 0 Å². The average molecular weight is 291 g/mol. The number of benzene rings is 1. The molecule has 0 aliphatic heterocycles. The van der Waals surface area contributed by atoms with E-state index >= 15 is 0 Å². The van der Waals surface area contributed by atoms with Gasteiger partial charge in [-0.3, -0.25) is 0 Å². The largest absolute Gasteiger partial charge is 0.360 e. The molecule has 0 spiro atoms. The molecule has 1 atom stereocenters. The van der Waals surface area contributed by atoms with Gasteiger partial charge in [0, 0.05) is 11.8 Å². The molecule has 0 unspecified atom stereocenters. The average Bonchev–Trinajstić information content (AvgIpc) is 2.86. The zero-order chi connectivity index (χ0) is 13.1. The highest BCUT2D eigenvalue weighted by Crippen LogP contribution is 2.35. The second-order valence-corrected chi connectivity index (χ2v) is 7.18. The summed E-state index contributed by atoms with van der Waals surface area (Å²) in [4.78, 5) is 0. The minimum Gasteiger partial charge on any atom is -0.360 e. The summed E-state index contributed by atoms with van der Waals surface area (Å²) >= 11 is 3.54. The van der Waals surface area contributed by atoms with Crippen molar-refractivity contribution in [2.45, 2.75) is 35.8 Å². The molecule has 5 heteroatoms. The monoisotopic (exact) mass is 291 g/mol. The van der Waals surface area contributed by atoms with E-state index in [9.17, 15) is 0 Å². The summed E-state index contributed by atoms with van der Waals surface area (Å²) in [7, 11) is 0. The van der Waals surface area contributed by atoms with Gasteiger partial charge in [-0.2, -0.15) is 0 Å². The number of rotatable bonds is 4. The van der Waals surface area contributed by atoms with E-state index in [0.29, 0.717) is 5.25 Å². The van der Waals surface area contributed by atoms with E-state index in [1.54, 1.807) is 11.3 Å². The topological polar surface area (TPSA) is 37.8 Å². The fourth-order valence-electron chi connectivity index (χ4n) is 2.39. The molecule has 1 aromatic carbocycles. The summed E-state index contributed by atoms with van der Waals surface area (Å²) in [5, 5.41) is 13.2. The molecule has 0 bridgehead atoms. The summed E-state index contributed by atoms with van der Waals surface area (Å²) in [6.45, 7) is 2.97. The number of aryl methyl sites for hydroxylation is 1. The highest BCUT2D eigenvalue weighted by atomic mass is 32.2. The zero-order valence-electron chi connectivity index (χ0n) is 10.9. The maximum Gasteiger partial charge on any atom is 0.206 e. The van der Waals surface area contributed by atoms with Crippen LogP contribution in [0.2, 0.25) is 0 Å². The Morgan fingerprint density at radius 2 is 2.16 bits per heavy atom. The first-order valence-corrected chi connectivity index (χ1v) is 8.35. The number of fused-ring (bicyclic) bond motifs is 1. The van der Waals surface area contributed by atoms with Gasteiger partial charge in [0.15, 0.2) is 4.34 Å². The zero-order valence-corrected chi connectivity index (χ0v) is 12.6. The molecule has 1 aliphatic carbocycles. The molecule has 0 radical (unpaired) electrons. The van der Waals surface area contributed by atoms with Crippen molar-refractivity contribution in [3.05, 3.63) is 35.4 Å². The van der Waals surface area contributed by atoms with Crippen LogP contribution in [0.4, 0.5) is 5.13 Å². The first kappa shape index (κ1) is 12.9. The van der Waals surface area contributed by atoms with Crippen molar-refractivity contribution in [3.8, 4) is 0 Å². The number of nitrogens with zero attached hydrogens (tertiary/aromatic N) is 2. The molecule has 0 saturated carbocycles. The lowest BCUT2D eigenvalue weighted by Crippen LogP contribution is -2.15. The number of hydrogen-bond acceptors (Lipinski definition) is 5. The minimum absolute atomic E-state index is 0.636. The van der Waals surface area contributed by atoms with Crippen LogP contribution >= 0.6 is 23.1 Å². The van der Waals surface area contributed by atoms with Gasteiger partial charge in [0.2, 0.25) is 5.13 Å². The molecule has 1 heterocycles.